The van der Waals surface area contributed by atoms with Crippen molar-refractivity contribution < 1.29 is 46.4 Å². The fourth-order valence-corrected chi connectivity index (χ4v) is 4.80. The summed E-state index contributed by atoms with van der Waals surface area (Å²) in [6.45, 7) is -0.0628. The summed E-state index contributed by atoms with van der Waals surface area (Å²) in [4.78, 5) is 12.3. The topological polar surface area (TPSA) is 88.0 Å². The number of aliphatic hydroxyl groups is 2. The zero-order chi connectivity index (χ0) is 28.1. The van der Waals surface area contributed by atoms with Crippen LogP contribution in [0.5, 0.6) is 0 Å². The fourth-order valence-electron chi connectivity index (χ4n) is 4.02. The van der Waals surface area contributed by atoms with E-state index >= 15 is 0 Å². The van der Waals surface area contributed by atoms with E-state index in [1.165, 1.54) is 36.0 Å². The molecule has 39 heavy (non-hydrogen) atoms. The highest BCUT2D eigenvalue weighted by Crippen LogP contribution is 2.39. The molecule has 1 saturated heterocycles. The lowest BCUT2D eigenvalue weighted by atomic mass is 10.0. The Hall–Kier alpha value is -3.03. The number of thioether (sulfide) groups is 1. The van der Waals surface area contributed by atoms with Gasteiger partial charge in [-0.05, 0) is 23.3 Å². The molecule has 208 valence electrons. The summed E-state index contributed by atoms with van der Waals surface area (Å²) >= 11 is 1.52. The number of nitrogens with one attached hydrogen (secondary N) is 1. The number of carbonyl (C=O) groups excluding carboxylic acids is 1. The van der Waals surface area contributed by atoms with Crippen molar-refractivity contribution in [1.29, 1.82) is 0 Å². The normalized spacial score (nSPS) is 19.2. The summed E-state index contributed by atoms with van der Waals surface area (Å²) in [5.74, 6) is -11.6. The third-order valence-electron chi connectivity index (χ3n) is 6.03. The van der Waals surface area contributed by atoms with E-state index < -0.39 is 46.8 Å². The second kappa shape index (κ2) is 12.9. The van der Waals surface area contributed by atoms with Gasteiger partial charge in [-0.15, -0.1) is 0 Å². The number of anilines is 1. The van der Waals surface area contributed by atoms with Gasteiger partial charge in [0.2, 0.25) is 5.82 Å². The Kier molecular flexibility index (Phi) is 9.57. The number of rotatable bonds is 9. The van der Waals surface area contributed by atoms with Gasteiger partial charge in [0.05, 0.1) is 25.4 Å². The Morgan fingerprint density at radius 1 is 0.846 bits per heavy atom. The van der Waals surface area contributed by atoms with Crippen LogP contribution in [0.3, 0.4) is 0 Å². The fraction of sp³-hybridized carbons (Fsp3) is 0.296. The molecule has 1 fully saturated rings. The number of ether oxygens (including phenoxy) is 2. The Morgan fingerprint density at radius 3 is 2.03 bits per heavy atom. The first-order valence-electron chi connectivity index (χ1n) is 11.9. The average molecular weight is 570 g/mol. The summed E-state index contributed by atoms with van der Waals surface area (Å²) in [6, 6.07) is 13.1. The molecule has 12 heteroatoms. The minimum atomic E-state index is -2.35. The van der Waals surface area contributed by atoms with Crippen molar-refractivity contribution in [3.8, 4) is 0 Å². The first kappa shape index (κ1) is 29.0. The average Bonchev–Trinajstić information content (AvgIpc) is 2.95. The number of aliphatic hydroxyl groups excluding tert-OH is 2. The Morgan fingerprint density at radius 2 is 1.44 bits per heavy atom. The summed E-state index contributed by atoms with van der Waals surface area (Å²) in [6.07, 6.45) is -0.842. The number of hydrogen-bond donors (Lipinski definition) is 3. The van der Waals surface area contributed by atoms with Crippen LogP contribution in [0.2, 0.25) is 0 Å². The lowest BCUT2D eigenvalue weighted by Crippen LogP contribution is -2.31. The maximum absolute atomic E-state index is 14.0. The van der Waals surface area contributed by atoms with Crippen LogP contribution in [0.4, 0.5) is 27.6 Å². The van der Waals surface area contributed by atoms with Crippen LogP contribution in [0.1, 0.15) is 45.9 Å². The number of benzene rings is 3. The van der Waals surface area contributed by atoms with E-state index in [9.17, 15) is 31.9 Å². The lowest BCUT2D eigenvalue weighted by molar-refractivity contribution is -0.245. The molecule has 0 spiro atoms. The van der Waals surface area contributed by atoms with Gasteiger partial charge >= 0.3 is 0 Å². The third-order valence-corrected chi connectivity index (χ3v) is 7.11. The number of halogens is 5. The van der Waals surface area contributed by atoms with Crippen LogP contribution in [-0.4, -0.2) is 40.3 Å². The van der Waals surface area contributed by atoms with Crippen molar-refractivity contribution in [2.75, 3.05) is 23.4 Å². The van der Waals surface area contributed by atoms with E-state index in [4.69, 9.17) is 14.6 Å². The van der Waals surface area contributed by atoms with E-state index in [0.717, 1.165) is 11.1 Å². The van der Waals surface area contributed by atoms with Gasteiger partial charge < -0.3 is 25.0 Å². The van der Waals surface area contributed by atoms with Crippen molar-refractivity contribution in [3.63, 3.8) is 0 Å². The smallest absolute Gasteiger partial charge is 0.261 e. The summed E-state index contributed by atoms with van der Waals surface area (Å²) in [5.41, 5.74) is 0.630. The molecule has 1 aliphatic heterocycles. The van der Waals surface area contributed by atoms with E-state index in [-0.39, 0.29) is 31.1 Å². The van der Waals surface area contributed by atoms with Crippen molar-refractivity contribution in [2.45, 2.75) is 31.5 Å². The van der Waals surface area contributed by atoms with Crippen molar-refractivity contribution in [2.24, 2.45) is 0 Å². The van der Waals surface area contributed by atoms with Crippen molar-refractivity contribution in [1.82, 2.24) is 0 Å². The molecule has 0 aromatic heterocycles. The lowest BCUT2D eigenvalue weighted by Gasteiger charge is -2.36. The van der Waals surface area contributed by atoms with Crippen molar-refractivity contribution >= 4 is 23.4 Å². The molecule has 3 N–H and O–H groups in total. The zero-order valence-electron chi connectivity index (χ0n) is 20.3. The molecular weight excluding hydrogens is 545 g/mol. The molecule has 4 rings (SSSR count). The first-order valence-corrected chi connectivity index (χ1v) is 13.0. The standard InChI is InChI=1S/C27H24F5NO5S/c28-21-20(22(29)24(31)25(32)23(21)30)26(36)33-17-7-5-16(6-8-17)27-37-18(13-39-10-9-34)11-19(38-27)15-3-1-14(12-35)2-4-15/h1-8,18-19,27,34-35H,9-13H2,(H,33,36)/t18-,19+,27+/m0/s1. The second-order valence-electron chi connectivity index (χ2n) is 8.67. The molecule has 1 amide bonds. The van der Waals surface area contributed by atoms with E-state index in [1.807, 2.05) is 12.1 Å². The van der Waals surface area contributed by atoms with Gasteiger partial charge in [0, 0.05) is 29.2 Å². The molecule has 0 saturated carbocycles. The number of carbonyl (C=O) groups is 1. The van der Waals surface area contributed by atoms with Gasteiger partial charge in [0.25, 0.3) is 5.91 Å². The van der Waals surface area contributed by atoms with Gasteiger partial charge in [0.1, 0.15) is 5.56 Å². The van der Waals surface area contributed by atoms with Crippen molar-refractivity contribution in [3.05, 3.63) is 99.9 Å². The molecule has 0 radical (unpaired) electrons. The maximum atomic E-state index is 14.0. The Bertz CT molecular complexity index is 1280. The molecule has 0 aliphatic carbocycles. The van der Waals surface area contributed by atoms with E-state index in [2.05, 4.69) is 5.32 Å². The van der Waals surface area contributed by atoms with Crippen LogP contribution in [-0.2, 0) is 16.1 Å². The molecule has 3 aromatic rings. The van der Waals surface area contributed by atoms with E-state index in [0.29, 0.717) is 23.5 Å². The zero-order valence-corrected chi connectivity index (χ0v) is 21.1. The molecule has 0 unspecified atom stereocenters. The maximum Gasteiger partial charge on any atom is 0.261 e. The second-order valence-corrected chi connectivity index (χ2v) is 9.82. The summed E-state index contributed by atoms with van der Waals surface area (Å²) in [5, 5.41) is 20.5. The SMILES string of the molecule is O=C(Nc1ccc([C@@H]2O[C@H](CSCCO)C[C@H](c3ccc(CO)cc3)O2)cc1)c1c(F)c(F)c(F)c(F)c1F. The van der Waals surface area contributed by atoms with Crippen LogP contribution in [0.15, 0.2) is 48.5 Å². The van der Waals surface area contributed by atoms with Crippen LogP contribution in [0.25, 0.3) is 0 Å². The molecule has 0 bridgehead atoms. The van der Waals surface area contributed by atoms with Gasteiger partial charge in [0.15, 0.2) is 29.6 Å². The Labute approximate surface area is 224 Å². The van der Waals surface area contributed by atoms with Gasteiger partial charge in [-0.3, -0.25) is 4.79 Å². The molecule has 1 aliphatic rings. The molecule has 1 heterocycles. The largest absolute Gasteiger partial charge is 0.396 e. The molecular formula is C27H24F5NO5S. The van der Waals surface area contributed by atoms with Crippen LogP contribution < -0.4 is 5.32 Å². The van der Waals surface area contributed by atoms with E-state index in [1.54, 1.807) is 12.1 Å². The molecule has 3 atom stereocenters. The predicted molar refractivity (Wildman–Crippen MR) is 133 cm³/mol. The number of amides is 1. The van der Waals surface area contributed by atoms with Crippen LogP contribution in [0, 0.1) is 29.1 Å². The predicted octanol–water partition coefficient (Wildman–Crippen LogP) is 5.40. The summed E-state index contributed by atoms with van der Waals surface area (Å²) < 4.78 is 80.5. The Balaban J connectivity index is 1.51. The van der Waals surface area contributed by atoms with Gasteiger partial charge in [-0.25, -0.2) is 22.0 Å². The quantitative estimate of drug-likeness (QED) is 0.139. The van der Waals surface area contributed by atoms with Gasteiger partial charge in [-0.2, -0.15) is 11.8 Å². The van der Waals surface area contributed by atoms with Crippen LogP contribution >= 0.6 is 11.8 Å². The first-order chi connectivity index (χ1) is 18.7. The molecule has 3 aromatic carbocycles. The highest BCUT2D eigenvalue weighted by Gasteiger charge is 2.33. The highest BCUT2D eigenvalue weighted by atomic mass is 32.2. The monoisotopic (exact) mass is 569 g/mol. The minimum Gasteiger partial charge on any atom is -0.396 e. The van der Waals surface area contributed by atoms with Gasteiger partial charge in [-0.1, -0.05) is 36.4 Å². The molecule has 6 nitrogen and oxygen atoms in total. The highest BCUT2D eigenvalue weighted by molar-refractivity contribution is 7.99. The third kappa shape index (κ3) is 6.59. The minimum absolute atomic E-state index is 0.0293. The number of hydrogen-bond acceptors (Lipinski definition) is 6. The summed E-state index contributed by atoms with van der Waals surface area (Å²) in [7, 11) is 0.